The molecule has 0 radical (unpaired) electrons. The van der Waals surface area contributed by atoms with E-state index >= 15 is 0 Å². The normalized spacial score (nSPS) is 29.1. The molecule has 0 spiro atoms. The number of hydrogen-bond donors (Lipinski definition) is 0. The van der Waals surface area contributed by atoms with Crippen molar-refractivity contribution in [1.29, 1.82) is 0 Å². The van der Waals surface area contributed by atoms with Crippen LogP contribution in [0.15, 0.2) is 0 Å². The Morgan fingerprint density at radius 2 is 1.54 bits per heavy atom. The first-order valence-electron chi connectivity index (χ1n) is 4.87. The summed E-state index contributed by atoms with van der Waals surface area (Å²) >= 11 is 0. The summed E-state index contributed by atoms with van der Waals surface area (Å²) in [5.41, 5.74) is 0.165. The summed E-state index contributed by atoms with van der Waals surface area (Å²) in [5, 5.41) is 0. The van der Waals surface area contributed by atoms with Gasteiger partial charge in [-0.3, -0.25) is 0 Å². The quantitative estimate of drug-likeness (QED) is 0.558. The molecule has 4 heteroatoms. The van der Waals surface area contributed by atoms with Crippen LogP contribution in [0, 0.1) is 0 Å². The van der Waals surface area contributed by atoms with Gasteiger partial charge in [0, 0.05) is 0 Å². The molecule has 1 rings (SSSR count). The molecule has 0 aromatic rings. The molecule has 0 aromatic carbocycles. The first-order valence-corrected chi connectivity index (χ1v) is 12.0. The monoisotopic (exact) mass is 210 g/mol. The molecule has 1 aliphatic heterocycles. The van der Waals surface area contributed by atoms with Crippen molar-refractivity contribution in [1.82, 2.24) is 0 Å². The minimum absolute atomic E-state index is 0. The third kappa shape index (κ3) is 2.97. The van der Waals surface area contributed by atoms with E-state index < -0.39 is 15.4 Å². The van der Waals surface area contributed by atoms with Gasteiger partial charge in [0.05, 0.1) is 13.2 Å². The first-order chi connectivity index (χ1) is 5.16. The zero-order chi connectivity index (χ0) is 9.62. The summed E-state index contributed by atoms with van der Waals surface area (Å²) in [6.45, 7) is 14.3. The fourth-order valence-corrected chi connectivity index (χ4v) is 9.22. The Hall–Kier alpha value is 0.991. The molecule has 1 heterocycles. The molecule has 0 aromatic heterocycles. The molecule has 0 atom stereocenters. The average molecular weight is 210 g/mol. The minimum atomic E-state index is -1.31. The third-order valence-corrected chi connectivity index (χ3v) is 20.2. The molecule has 1 saturated heterocycles. The van der Waals surface area contributed by atoms with E-state index in [1.165, 1.54) is 12.5 Å². The molecule has 0 N–H and O–H groups in total. The number of rotatable bonds is 0. The third-order valence-electron chi connectivity index (χ3n) is 3.51. The summed E-state index contributed by atoms with van der Waals surface area (Å²) in [7, 11) is -2.30. The van der Waals surface area contributed by atoms with Crippen molar-refractivity contribution in [3.05, 3.63) is 0 Å². The van der Waals surface area contributed by atoms with Gasteiger partial charge < -0.3 is 4.43 Å². The van der Waals surface area contributed by atoms with Gasteiger partial charge in [0.15, 0.2) is 7.83 Å². The first kappa shape index (κ1) is 14.0. The van der Waals surface area contributed by atoms with Crippen LogP contribution in [0.4, 0.5) is 0 Å². The van der Waals surface area contributed by atoms with Crippen LogP contribution in [0.5, 0.6) is 0 Å². The summed E-state index contributed by atoms with van der Waals surface area (Å²) in [4.78, 5) is 0. The molecule has 13 heavy (non-hydrogen) atoms. The fourth-order valence-electron chi connectivity index (χ4n) is 1.79. The molecular weight excluding hydrogens is 187 g/mol. The molecule has 0 amide bonds. The van der Waals surface area contributed by atoms with Crippen LogP contribution in [0.2, 0.25) is 32.2 Å². The van der Waals surface area contributed by atoms with Gasteiger partial charge >= 0.3 is 18.9 Å². The second-order valence-corrected chi connectivity index (χ2v) is 20.9. The molecule has 74 valence electrons. The molecule has 1 nitrogen and oxygen atoms in total. The molecule has 0 saturated carbocycles. The van der Waals surface area contributed by atoms with E-state index in [2.05, 4.69) is 40.0 Å². The fraction of sp³-hybridized carbons (Fsp3) is 1.00. The summed E-state index contributed by atoms with van der Waals surface area (Å²) in [6.07, 6.45) is 1.27. The average Bonchev–Trinajstić information content (AvgIpc) is 1.79. The maximum atomic E-state index is 6.28. The molecule has 0 aliphatic carbocycles. The van der Waals surface area contributed by atoms with Crippen LogP contribution in [0.1, 0.15) is 20.3 Å². The standard InChI is InChI=1S/C9H22OSi2.Li.H/c1-9(2)7-8-11(3,4)12(5,6)10-9;;/h7-8H2,1-6H3;;. The van der Waals surface area contributed by atoms with Crippen LogP contribution >= 0.6 is 0 Å². The van der Waals surface area contributed by atoms with Crippen molar-refractivity contribution >= 4 is 34.3 Å². The van der Waals surface area contributed by atoms with Gasteiger partial charge in [-0.25, -0.2) is 0 Å². The van der Waals surface area contributed by atoms with Crippen molar-refractivity contribution in [3.8, 4) is 0 Å². The molecule has 1 aliphatic rings. The maximum absolute atomic E-state index is 6.28. The molecular formula is C9H23LiOSi2. The van der Waals surface area contributed by atoms with Crippen molar-refractivity contribution in [3.63, 3.8) is 0 Å². The van der Waals surface area contributed by atoms with Gasteiger partial charge in [-0.2, -0.15) is 0 Å². The summed E-state index contributed by atoms with van der Waals surface area (Å²) < 4.78 is 6.28. The predicted molar refractivity (Wildman–Crippen MR) is 66.7 cm³/mol. The Balaban J connectivity index is 0.00000144. The Bertz CT molecular complexity index is 190. The topological polar surface area (TPSA) is 9.23 Å². The molecule has 0 unspecified atom stereocenters. The van der Waals surface area contributed by atoms with E-state index in [0.29, 0.717) is 0 Å². The predicted octanol–water partition coefficient (Wildman–Crippen LogP) is 2.53. The van der Waals surface area contributed by atoms with Crippen molar-refractivity contribution in [2.24, 2.45) is 0 Å². The summed E-state index contributed by atoms with van der Waals surface area (Å²) in [5.74, 6) is 0. The van der Waals surface area contributed by atoms with Gasteiger partial charge in [0.25, 0.3) is 0 Å². The van der Waals surface area contributed by atoms with Crippen LogP contribution in [0.25, 0.3) is 0 Å². The van der Waals surface area contributed by atoms with E-state index in [0.717, 1.165) is 0 Å². The zero-order valence-electron chi connectivity index (χ0n) is 9.32. The van der Waals surface area contributed by atoms with Crippen LogP contribution in [0.3, 0.4) is 0 Å². The summed E-state index contributed by atoms with van der Waals surface area (Å²) in [6, 6.07) is 1.46. The Morgan fingerprint density at radius 3 is 1.85 bits per heavy atom. The van der Waals surface area contributed by atoms with E-state index in [1.54, 1.807) is 0 Å². The van der Waals surface area contributed by atoms with Crippen molar-refractivity contribution in [2.75, 3.05) is 0 Å². The van der Waals surface area contributed by atoms with E-state index in [9.17, 15) is 0 Å². The Kier molecular flexibility index (Phi) is 4.16. The van der Waals surface area contributed by atoms with Gasteiger partial charge in [-0.05, 0) is 33.4 Å². The van der Waals surface area contributed by atoms with Gasteiger partial charge in [0.2, 0.25) is 0 Å². The van der Waals surface area contributed by atoms with Crippen molar-refractivity contribution in [2.45, 2.75) is 58.1 Å². The van der Waals surface area contributed by atoms with Crippen LogP contribution in [-0.2, 0) is 4.43 Å². The Morgan fingerprint density at radius 1 is 1.08 bits per heavy atom. The van der Waals surface area contributed by atoms with Gasteiger partial charge in [-0.15, -0.1) is 0 Å². The van der Waals surface area contributed by atoms with E-state index in [4.69, 9.17) is 4.43 Å². The second-order valence-electron chi connectivity index (χ2n) is 5.76. The van der Waals surface area contributed by atoms with E-state index in [1.807, 2.05) is 0 Å². The number of hydrogen-bond acceptors (Lipinski definition) is 1. The van der Waals surface area contributed by atoms with Gasteiger partial charge in [0.1, 0.15) is 0 Å². The van der Waals surface area contributed by atoms with Gasteiger partial charge in [-0.1, -0.05) is 19.1 Å². The van der Waals surface area contributed by atoms with E-state index in [-0.39, 0.29) is 24.5 Å². The van der Waals surface area contributed by atoms with Crippen LogP contribution < -0.4 is 0 Å². The zero-order valence-corrected chi connectivity index (χ0v) is 11.3. The molecule has 1 fully saturated rings. The Labute approximate surface area is 96.7 Å². The SMILES string of the molecule is CC1(C)CC[Si](C)(C)[Si](C)(C)O1.[LiH]. The second kappa shape index (κ2) is 3.86. The van der Waals surface area contributed by atoms with Crippen LogP contribution in [-0.4, -0.2) is 39.9 Å². The van der Waals surface area contributed by atoms with Crippen molar-refractivity contribution < 1.29 is 4.43 Å². The molecule has 0 bridgehead atoms.